The summed E-state index contributed by atoms with van der Waals surface area (Å²) in [4.78, 5) is 4.29. The van der Waals surface area contributed by atoms with Crippen molar-refractivity contribution in [3.8, 4) is 5.88 Å². The largest absolute Gasteiger partial charge is 0.476 e. The molecule has 1 aromatic rings. The lowest BCUT2D eigenvalue weighted by atomic mass is 10.2. The maximum Gasteiger partial charge on any atom is 0.239 e. The molecule has 3 N–H and O–H groups in total. The van der Waals surface area contributed by atoms with E-state index in [-0.39, 0.29) is 0 Å². The number of hydrogen-bond acceptors (Lipinski definition) is 5. The second-order valence-corrected chi connectivity index (χ2v) is 3.97. The number of nitrogen functional groups attached to an aromatic ring is 1. The van der Waals surface area contributed by atoms with Crippen LogP contribution in [0.25, 0.3) is 0 Å². The van der Waals surface area contributed by atoms with Gasteiger partial charge in [-0.05, 0) is 25.0 Å². The maximum atomic E-state index is 5.74. The first-order valence-corrected chi connectivity index (χ1v) is 5.79. The Labute approximate surface area is 102 Å². The summed E-state index contributed by atoms with van der Waals surface area (Å²) in [6.45, 7) is 6.09. The molecule has 0 aliphatic rings. The van der Waals surface area contributed by atoms with Gasteiger partial charge in [0.15, 0.2) is 0 Å². The SMILES string of the molecule is CCOc1nc(NCC(C)COC)ccc1N. The molecule has 0 aliphatic carbocycles. The van der Waals surface area contributed by atoms with Crippen LogP contribution in [-0.2, 0) is 4.74 Å². The molecule has 0 aliphatic heterocycles. The predicted molar refractivity (Wildman–Crippen MR) is 69.3 cm³/mol. The standard InChI is InChI=1S/C12H21N3O2/c1-4-17-12-10(13)5-6-11(15-12)14-7-9(2)8-16-3/h5-6,9H,4,7-8,13H2,1-3H3,(H,14,15). The van der Waals surface area contributed by atoms with E-state index >= 15 is 0 Å². The Morgan fingerprint density at radius 2 is 2.24 bits per heavy atom. The smallest absolute Gasteiger partial charge is 0.239 e. The quantitative estimate of drug-likeness (QED) is 0.758. The number of methoxy groups -OCH3 is 1. The first kappa shape index (κ1) is 13.6. The molecule has 1 unspecified atom stereocenters. The van der Waals surface area contributed by atoms with Gasteiger partial charge in [0.05, 0.1) is 18.9 Å². The average Bonchev–Trinajstić information content (AvgIpc) is 2.31. The molecule has 1 heterocycles. The van der Waals surface area contributed by atoms with Crippen molar-refractivity contribution in [3.05, 3.63) is 12.1 Å². The summed E-state index contributed by atoms with van der Waals surface area (Å²) in [5, 5.41) is 3.23. The van der Waals surface area contributed by atoms with Crippen molar-refractivity contribution in [1.82, 2.24) is 4.98 Å². The molecule has 5 heteroatoms. The van der Waals surface area contributed by atoms with Gasteiger partial charge in [-0.25, -0.2) is 0 Å². The van der Waals surface area contributed by atoms with Gasteiger partial charge in [0.1, 0.15) is 5.82 Å². The van der Waals surface area contributed by atoms with E-state index in [2.05, 4.69) is 17.2 Å². The molecule has 1 rings (SSSR count). The van der Waals surface area contributed by atoms with Gasteiger partial charge in [0.2, 0.25) is 5.88 Å². The number of rotatable bonds is 7. The van der Waals surface area contributed by atoms with Crippen molar-refractivity contribution in [2.45, 2.75) is 13.8 Å². The Kier molecular flexibility index (Phi) is 5.56. The predicted octanol–water partition coefficient (Wildman–Crippen LogP) is 1.76. The number of hydrogen-bond donors (Lipinski definition) is 2. The van der Waals surface area contributed by atoms with Crippen LogP contribution in [0.4, 0.5) is 11.5 Å². The van der Waals surface area contributed by atoms with Gasteiger partial charge in [-0.2, -0.15) is 4.98 Å². The van der Waals surface area contributed by atoms with E-state index in [9.17, 15) is 0 Å². The van der Waals surface area contributed by atoms with Crippen LogP contribution < -0.4 is 15.8 Å². The number of aromatic nitrogens is 1. The zero-order valence-corrected chi connectivity index (χ0v) is 10.7. The molecule has 0 saturated heterocycles. The molecule has 0 spiro atoms. The van der Waals surface area contributed by atoms with Gasteiger partial charge < -0.3 is 20.5 Å². The van der Waals surface area contributed by atoms with Gasteiger partial charge >= 0.3 is 0 Å². The summed E-state index contributed by atoms with van der Waals surface area (Å²) in [5.74, 6) is 1.68. The third-order valence-corrected chi connectivity index (χ3v) is 2.25. The number of nitrogens with one attached hydrogen (secondary N) is 1. The van der Waals surface area contributed by atoms with Crippen LogP contribution in [0.1, 0.15) is 13.8 Å². The first-order chi connectivity index (χ1) is 8.17. The normalized spacial score (nSPS) is 12.2. The Bertz CT molecular complexity index is 345. The van der Waals surface area contributed by atoms with Gasteiger partial charge in [0, 0.05) is 13.7 Å². The van der Waals surface area contributed by atoms with E-state index in [1.165, 1.54) is 0 Å². The lowest BCUT2D eigenvalue weighted by Gasteiger charge is -2.13. The van der Waals surface area contributed by atoms with Gasteiger partial charge in [-0.1, -0.05) is 6.92 Å². The second-order valence-electron chi connectivity index (χ2n) is 3.97. The zero-order valence-electron chi connectivity index (χ0n) is 10.7. The van der Waals surface area contributed by atoms with Crippen LogP contribution in [0.15, 0.2) is 12.1 Å². The summed E-state index contributed by atoms with van der Waals surface area (Å²) < 4.78 is 10.4. The van der Waals surface area contributed by atoms with Crippen molar-refractivity contribution in [1.29, 1.82) is 0 Å². The highest BCUT2D eigenvalue weighted by Crippen LogP contribution is 2.20. The molecule has 1 atom stereocenters. The minimum absolute atomic E-state index is 0.426. The minimum atomic E-state index is 0.426. The fraction of sp³-hybridized carbons (Fsp3) is 0.583. The van der Waals surface area contributed by atoms with Crippen LogP contribution in [-0.4, -0.2) is 31.9 Å². The monoisotopic (exact) mass is 239 g/mol. The van der Waals surface area contributed by atoms with Crippen molar-refractivity contribution >= 4 is 11.5 Å². The lowest BCUT2D eigenvalue weighted by Crippen LogP contribution is -2.16. The third-order valence-electron chi connectivity index (χ3n) is 2.25. The molecule has 0 radical (unpaired) electrons. The molecule has 0 aromatic carbocycles. The molecule has 0 saturated carbocycles. The van der Waals surface area contributed by atoms with Crippen LogP contribution in [0, 0.1) is 5.92 Å². The number of ether oxygens (including phenoxy) is 2. The molecular formula is C12H21N3O2. The summed E-state index contributed by atoms with van der Waals surface area (Å²) in [6, 6.07) is 3.64. The van der Waals surface area contributed by atoms with E-state index in [0.29, 0.717) is 24.1 Å². The van der Waals surface area contributed by atoms with E-state index < -0.39 is 0 Å². The van der Waals surface area contributed by atoms with Gasteiger partial charge in [-0.15, -0.1) is 0 Å². The van der Waals surface area contributed by atoms with Gasteiger partial charge in [0.25, 0.3) is 0 Å². The van der Waals surface area contributed by atoms with Crippen LogP contribution in [0.5, 0.6) is 5.88 Å². The van der Waals surface area contributed by atoms with Crippen LogP contribution in [0.2, 0.25) is 0 Å². The van der Waals surface area contributed by atoms with Crippen molar-refractivity contribution in [2.75, 3.05) is 37.9 Å². The molecule has 5 nitrogen and oxygen atoms in total. The van der Waals surface area contributed by atoms with E-state index in [1.807, 2.05) is 13.0 Å². The summed E-state index contributed by atoms with van der Waals surface area (Å²) in [7, 11) is 1.70. The van der Waals surface area contributed by atoms with Crippen molar-refractivity contribution < 1.29 is 9.47 Å². The van der Waals surface area contributed by atoms with E-state index in [1.54, 1.807) is 13.2 Å². The highest BCUT2D eigenvalue weighted by molar-refractivity contribution is 5.53. The molecule has 0 fully saturated rings. The van der Waals surface area contributed by atoms with Crippen molar-refractivity contribution in [3.63, 3.8) is 0 Å². The Morgan fingerprint density at radius 3 is 2.88 bits per heavy atom. The number of nitrogens with zero attached hydrogens (tertiary/aromatic N) is 1. The Balaban J connectivity index is 2.56. The molecule has 96 valence electrons. The van der Waals surface area contributed by atoms with Crippen LogP contribution in [0.3, 0.4) is 0 Å². The highest BCUT2D eigenvalue weighted by atomic mass is 16.5. The topological polar surface area (TPSA) is 69.4 Å². The molecular weight excluding hydrogens is 218 g/mol. The van der Waals surface area contributed by atoms with E-state index in [0.717, 1.165) is 19.0 Å². The number of pyridine rings is 1. The first-order valence-electron chi connectivity index (χ1n) is 5.79. The third kappa shape index (κ3) is 4.48. The summed E-state index contributed by atoms with van der Waals surface area (Å²) >= 11 is 0. The maximum absolute atomic E-state index is 5.74. The molecule has 1 aromatic heterocycles. The summed E-state index contributed by atoms with van der Waals surface area (Å²) in [6.07, 6.45) is 0. The zero-order chi connectivity index (χ0) is 12.7. The molecule has 17 heavy (non-hydrogen) atoms. The molecule has 0 amide bonds. The fourth-order valence-electron chi connectivity index (χ4n) is 1.42. The Hall–Kier alpha value is -1.49. The number of anilines is 2. The van der Waals surface area contributed by atoms with Crippen LogP contribution >= 0.6 is 0 Å². The lowest BCUT2D eigenvalue weighted by molar-refractivity contribution is 0.164. The summed E-state index contributed by atoms with van der Waals surface area (Å²) in [5.41, 5.74) is 6.30. The average molecular weight is 239 g/mol. The molecule has 0 bridgehead atoms. The highest BCUT2D eigenvalue weighted by Gasteiger charge is 2.05. The van der Waals surface area contributed by atoms with E-state index in [4.69, 9.17) is 15.2 Å². The Morgan fingerprint density at radius 1 is 1.47 bits per heavy atom. The van der Waals surface area contributed by atoms with Crippen molar-refractivity contribution in [2.24, 2.45) is 5.92 Å². The second kappa shape index (κ2) is 6.96. The van der Waals surface area contributed by atoms with Gasteiger partial charge in [-0.3, -0.25) is 0 Å². The number of nitrogens with two attached hydrogens (primary N) is 1. The minimum Gasteiger partial charge on any atom is -0.476 e. The fourth-order valence-corrected chi connectivity index (χ4v) is 1.42.